The summed E-state index contributed by atoms with van der Waals surface area (Å²) >= 11 is 6.25. The molecular weight excluding hydrogens is 364 g/mol. The van der Waals surface area contributed by atoms with E-state index in [4.69, 9.17) is 21.1 Å². The summed E-state index contributed by atoms with van der Waals surface area (Å²) in [4.78, 5) is 13.7. The zero-order valence-electron chi connectivity index (χ0n) is 16.6. The number of nitrogens with one attached hydrogen (secondary N) is 2. The average molecular weight is 396 g/mol. The van der Waals surface area contributed by atoms with Gasteiger partial charge < -0.3 is 19.7 Å². The van der Waals surface area contributed by atoms with Crippen LogP contribution in [-0.4, -0.2) is 45.3 Å². The number of piperidine rings is 1. The fourth-order valence-corrected chi connectivity index (χ4v) is 3.78. The normalized spacial score (nSPS) is 19.9. The quantitative estimate of drug-likeness (QED) is 0.499. The molecular formula is C21H32ClN2O3+. The first kappa shape index (κ1) is 21.6. The van der Waals surface area contributed by atoms with Crippen LogP contribution in [0.1, 0.15) is 45.1 Å². The molecule has 0 aliphatic carbocycles. The van der Waals surface area contributed by atoms with Gasteiger partial charge in [-0.25, -0.2) is 0 Å². The van der Waals surface area contributed by atoms with Crippen LogP contribution in [-0.2, 0) is 4.79 Å². The van der Waals surface area contributed by atoms with Crippen LogP contribution in [0.4, 0.5) is 0 Å². The minimum absolute atomic E-state index is 0.0966. The number of carbonyl (C=O) groups is 1. The molecule has 1 aromatic carbocycles. The number of rotatable bonds is 9. The Balaban J connectivity index is 1.81. The van der Waals surface area contributed by atoms with Gasteiger partial charge in [-0.2, -0.15) is 0 Å². The molecule has 1 aliphatic rings. The number of benzene rings is 1. The van der Waals surface area contributed by atoms with Crippen molar-refractivity contribution in [1.29, 1.82) is 0 Å². The van der Waals surface area contributed by atoms with E-state index in [1.807, 2.05) is 13.0 Å². The standard InChI is InChI=1S/C21H31ClN2O3/c1-4-27-21-18(22)14-17(15-19(21)26-3)9-10-20(25)23-11-7-13-24-12-6-5-8-16(24)2/h9-10,14-16H,4-8,11-13H2,1-3H3,(H,23,25)/p+1/b10-9+/t16-/m1/s1. The van der Waals surface area contributed by atoms with Gasteiger partial charge in [-0.3, -0.25) is 4.79 Å². The molecule has 0 aromatic heterocycles. The molecule has 1 fully saturated rings. The summed E-state index contributed by atoms with van der Waals surface area (Å²) in [6, 6.07) is 4.32. The highest BCUT2D eigenvalue weighted by Gasteiger charge is 2.20. The van der Waals surface area contributed by atoms with Crippen molar-refractivity contribution < 1.29 is 19.2 Å². The maximum Gasteiger partial charge on any atom is 0.244 e. The number of likely N-dealkylation sites (tertiary alicyclic amines) is 1. The van der Waals surface area contributed by atoms with Crippen molar-refractivity contribution in [1.82, 2.24) is 5.32 Å². The summed E-state index contributed by atoms with van der Waals surface area (Å²) in [6.45, 7) is 7.80. The highest BCUT2D eigenvalue weighted by atomic mass is 35.5. The van der Waals surface area contributed by atoms with Crippen molar-refractivity contribution in [3.05, 3.63) is 28.8 Å². The van der Waals surface area contributed by atoms with Crippen LogP contribution >= 0.6 is 11.6 Å². The molecule has 0 saturated carbocycles. The highest BCUT2D eigenvalue weighted by Crippen LogP contribution is 2.36. The third kappa shape index (κ3) is 6.74. The molecule has 1 saturated heterocycles. The number of amides is 1. The molecule has 6 heteroatoms. The lowest BCUT2D eigenvalue weighted by Crippen LogP contribution is -3.16. The molecule has 5 nitrogen and oxygen atoms in total. The third-order valence-corrected chi connectivity index (χ3v) is 5.30. The number of carbonyl (C=O) groups excluding carboxylic acids is 1. The molecule has 2 rings (SSSR count). The SMILES string of the molecule is CCOc1c(Cl)cc(/C=C/C(=O)NCCC[NH+]2CCCC[C@H]2C)cc1OC. The lowest BCUT2D eigenvalue weighted by molar-refractivity contribution is -0.928. The second-order valence-electron chi connectivity index (χ2n) is 7.00. The van der Waals surface area contributed by atoms with Gasteiger partial charge in [0.05, 0.1) is 37.9 Å². The van der Waals surface area contributed by atoms with Gasteiger partial charge in [0.15, 0.2) is 11.5 Å². The summed E-state index contributed by atoms with van der Waals surface area (Å²) in [5, 5.41) is 3.42. The second kappa shape index (κ2) is 11.2. The van der Waals surface area contributed by atoms with Crippen molar-refractivity contribution in [3.8, 4) is 11.5 Å². The van der Waals surface area contributed by atoms with Gasteiger partial charge in [-0.1, -0.05) is 11.6 Å². The monoisotopic (exact) mass is 395 g/mol. The van der Waals surface area contributed by atoms with Gasteiger partial charge in [0.1, 0.15) is 0 Å². The number of halogens is 1. The van der Waals surface area contributed by atoms with Crippen LogP contribution in [0.2, 0.25) is 5.02 Å². The molecule has 2 atom stereocenters. The average Bonchev–Trinajstić information content (AvgIpc) is 2.66. The number of hydrogen-bond donors (Lipinski definition) is 2. The first-order valence-corrected chi connectivity index (χ1v) is 10.2. The Labute approximate surface area is 167 Å². The van der Waals surface area contributed by atoms with Crippen LogP contribution in [0.3, 0.4) is 0 Å². The molecule has 27 heavy (non-hydrogen) atoms. The minimum atomic E-state index is -0.0966. The van der Waals surface area contributed by atoms with E-state index < -0.39 is 0 Å². The molecule has 0 bridgehead atoms. The van der Waals surface area contributed by atoms with E-state index >= 15 is 0 Å². The summed E-state index contributed by atoms with van der Waals surface area (Å²) in [5.41, 5.74) is 0.794. The predicted octanol–water partition coefficient (Wildman–Crippen LogP) is 2.72. The fourth-order valence-electron chi connectivity index (χ4n) is 3.50. The van der Waals surface area contributed by atoms with Crippen LogP contribution in [0.5, 0.6) is 11.5 Å². The molecule has 0 spiro atoms. The second-order valence-corrected chi connectivity index (χ2v) is 7.41. The zero-order valence-corrected chi connectivity index (χ0v) is 17.4. The van der Waals surface area contributed by atoms with E-state index in [1.54, 1.807) is 24.2 Å². The molecule has 1 unspecified atom stereocenters. The molecule has 150 valence electrons. The summed E-state index contributed by atoms with van der Waals surface area (Å²) in [7, 11) is 1.57. The topological polar surface area (TPSA) is 52.0 Å². The zero-order chi connectivity index (χ0) is 19.6. The van der Waals surface area contributed by atoms with E-state index in [1.165, 1.54) is 31.9 Å². The number of quaternary nitrogens is 1. The summed E-state index contributed by atoms with van der Waals surface area (Å²) in [6.07, 6.45) is 8.26. The van der Waals surface area contributed by atoms with Crippen LogP contribution in [0, 0.1) is 0 Å². The largest absolute Gasteiger partial charge is 0.493 e. The maximum absolute atomic E-state index is 12.0. The minimum Gasteiger partial charge on any atom is -0.493 e. The molecule has 1 heterocycles. The van der Waals surface area contributed by atoms with Gasteiger partial charge in [0, 0.05) is 19.0 Å². The van der Waals surface area contributed by atoms with Crippen molar-refractivity contribution in [2.45, 2.75) is 45.6 Å². The van der Waals surface area contributed by atoms with Crippen LogP contribution < -0.4 is 19.7 Å². The Hall–Kier alpha value is -1.72. The van der Waals surface area contributed by atoms with Gasteiger partial charge >= 0.3 is 0 Å². The lowest BCUT2D eigenvalue weighted by atomic mass is 10.0. The highest BCUT2D eigenvalue weighted by molar-refractivity contribution is 6.32. The van der Waals surface area contributed by atoms with Crippen molar-refractivity contribution in [2.75, 3.05) is 33.4 Å². The van der Waals surface area contributed by atoms with E-state index in [0.29, 0.717) is 29.7 Å². The first-order valence-electron chi connectivity index (χ1n) is 9.86. The van der Waals surface area contributed by atoms with Crippen molar-refractivity contribution >= 4 is 23.6 Å². The number of methoxy groups -OCH3 is 1. The van der Waals surface area contributed by atoms with Gasteiger partial charge in [-0.05, 0) is 56.9 Å². The van der Waals surface area contributed by atoms with Gasteiger partial charge in [0.2, 0.25) is 5.91 Å². The van der Waals surface area contributed by atoms with Crippen LogP contribution in [0.25, 0.3) is 6.08 Å². The maximum atomic E-state index is 12.0. The summed E-state index contributed by atoms with van der Waals surface area (Å²) < 4.78 is 10.8. The molecule has 1 aliphatic heterocycles. The predicted molar refractivity (Wildman–Crippen MR) is 110 cm³/mol. The third-order valence-electron chi connectivity index (χ3n) is 5.02. The van der Waals surface area contributed by atoms with Gasteiger partial charge in [-0.15, -0.1) is 0 Å². The van der Waals surface area contributed by atoms with E-state index in [-0.39, 0.29) is 5.91 Å². The van der Waals surface area contributed by atoms with E-state index in [2.05, 4.69) is 12.2 Å². The first-order chi connectivity index (χ1) is 13.0. The smallest absolute Gasteiger partial charge is 0.244 e. The lowest BCUT2D eigenvalue weighted by Gasteiger charge is -2.30. The fraction of sp³-hybridized carbons (Fsp3) is 0.571. The summed E-state index contributed by atoms with van der Waals surface area (Å²) in [5.74, 6) is 0.987. The molecule has 0 radical (unpaired) electrons. The van der Waals surface area contributed by atoms with E-state index in [9.17, 15) is 4.79 Å². The van der Waals surface area contributed by atoms with Crippen molar-refractivity contribution in [3.63, 3.8) is 0 Å². The van der Waals surface area contributed by atoms with E-state index in [0.717, 1.165) is 24.6 Å². The Morgan fingerprint density at radius 1 is 1.41 bits per heavy atom. The van der Waals surface area contributed by atoms with Crippen molar-refractivity contribution in [2.24, 2.45) is 0 Å². The number of ether oxygens (including phenoxy) is 2. The van der Waals surface area contributed by atoms with Crippen LogP contribution in [0.15, 0.2) is 18.2 Å². The Kier molecular flexibility index (Phi) is 8.95. The Morgan fingerprint density at radius 3 is 2.93 bits per heavy atom. The number of hydrogen-bond acceptors (Lipinski definition) is 3. The Morgan fingerprint density at radius 2 is 2.22 bits per heavy atom. The van der Waals surface area contributed by atoms with Gasteiger partial charge in [0.25, 0.3) is 0 Å². The molecule has 1 amide bonds. The Bertz CT molecular complexity index is 649. The molecule has 2 N–H and O–H groups in total. The molecule has 1 aromatic rings.